The van der Waals surface area contributed by atoms with Crippen molar-refractivity contribution >= 4 is 5.91 Å². The smallest absolute Gasteiger partial charge is 0.275 e. The zero-order chi connectivity index (χ0) is 22.5. The summed E-state index contributed by atoms with van der Waals surface area (Å²) in [6.07, 6.45) is 3.99. The van der Waals surface area contributed by atoms with E-state index in [2.05, 4.69) is 0 Å². The first kappa shape index (κ1) is 21.9. The van der Waals surface area contributed by atoms with Crippen LogP contribution < -0.4 is 9.47 Å². The molecule has 1 fully saturated rings. The van der Waals surface area contributed by atoms with Gasteiger partial charge in [0.2, 0.25) is 0 Å². The average molecular weight is 436 g/mol. The lowest BCUT2D eigenvalue weighted by atomic mass is 10.0. The molecule has 7 nitrogen and oxygen atoms in total. The molecule has 1 aromatic heterocycles. The predicted octanol–water partition coefficient (Wildman–Crippen LogP) is 4.20. The number of carbonyl (C=O) groups excluding carboxylic acids is 1. The number of methoxy groups -OCH3 is 2. The minimum atomic E-state index is -0.109. The van der Waals surface area contributed by atoms with Gasteiger partial charge in [-0.05, 0) is 49.6 Å². The Bertz CT molecular complexity index is 1060. The molecular formula is C25H29N3O4. The van der Waals surface area contributed by atoms with Crippen LogP contribution in [0.2, 0.25) is 0 Å². The average Bonchev–Trinajstić information content (AvgIpc) is 3.52. The highest BCUT2D eigenvalue weighted by atomic mass is 16.5. The molecule has 0 aliphatic carbocycles. The predicted molar refractivity (Wildman–Crippen MR) is 123 cm³/mol. The number of aromatic nitrogens is 2. The minimum Gasteiger partial charge on any atom is -0.493 e. The molecular weight excluding hydrogens is 406 g/mol. The molecule has 0 radical (unpaired) electrons. The molecule has 1 atom stereocenters. The standard InChI is InChI=1S/C25H29N3O4/c1-4-27(16-20-11-8-14-32-20)25(29)24-21(17-28(26-24)19-9-6-5-7-10-19)18-12-13-22(30-2)23(15-18)31-3/h5-7,9-10,12-13,15,17,20H,4,8,11,14,16H2,1-3H3. The second-order valence-electron chi connectivity index (χ2n) is 7.72. The summed E-state index contributed by atoms with van der Waals surface area (Å²) in [6, 6.07) is 15.4. The molecule has 2 aromatic carbocycles. The van der Waals surface area contributed by atoms with E-state index in [0.29, 0.717) is 30.3 Å². The Morgan fingerprint density at radius 3 is 2.59 bits per heavy atom. The van der Waals surface area contributed by atoms with E-state index >= 15 is 0 Å². The first-order valence-corrected chi connectivity index (χ1v) is 10.9. The number of para-hydroxylation sites is 1. The Hall–Kier alpha value is -3.32. The lowest BCUT2D eigenvalue weighted by Gasteiger charge is -2.23. The van der Waals surface area contributed by atoms with Gasteiger partial charge in [0.1, 0.15) is 0 Å². The summed E-state index contributed by atoms with van der Waals surface area (Å²) >= 11 is 0. The van der Waals surface area contributed by atoms with Crippen LogP contribution in [0.1, 0.15) is 30.3 Å². The lowest BCUT2D eigenvalue weighted by molar-refractivity contribution is 0.0535. The summed E-state index contributed by atoms with van der Waals surface area (Å²) in [5.41, 5.74) is 2.86. The second-order valence-corrected chi connectivity index (χ2v) is 7.72. The largest absolute Gasteiger partial charge is 0.493 e. The molecule has 7 heteroatoms. The maximum Gasteiger partial charge on any atom is 0.275 e. The van der Waals surface area contributed by atoms with Crippen LogP contribution >= 0.6 is 0 Å². The quantitative estimate of drug-likeness (QED) is 0.531. The number of carbonyl (C=O) groups is 1. The normalized spacial score (nSPS) is 15.5. The zero-order valence-electron chi connectivity index (χ0n) is 18.8. The van der Waals surface area contributed by atoms with Gasteiger partial charge in [-0.3, -0.25) is 4.79 Å². The van der Waals surface area contributed by atoms with Gasteiger partial charge in [0.15, 0.2) is 17.2 Å². The zero-order valence-corrected chi connectivity index (χ0v) is 18.8. The third kappa shape index (κ3) is 4.48. The van der Waals surface area contributed by atoms with Crippen LogP contribution in [0.25, 0.3) is 16.8 Å². The van der Waals surface area contributed by atoms with Crippen molar-refractivity contribution < 1.29 is 19.0 Å². The van der Waals surface area contributed by atoms with Gasteiger partial charge >= 0.3 is 0 Å². The lowest BCUT2D eigenvalue weighted by Crippen LogP contribution is -2.37. The molecule has 1 aliphatic rings. The summed E-state index contributed by atoms with van der Waals surface area (Å²) in [5, 5.41) is 4.71. The van der Waals surface area contributed by atoms with E-state index in [1.165, 1.54) is 0 Å². The van der Waals surface area contributed by atoms with Crippen molar-refractivity contribution in [1.29, 1.82) is 0 Å². The van der Waals surface area contributed by atoms with Crippen LogP contribution in [-0.2, 0) is 4.74 Å². The van der Waals surface area contributed by atoms with Crippen molar-refractivity contribution in [1.82, 2.24) is 14.7 Å². The SMILES string of the molecule is CCN(CC1CCCO1)C(=O)c1nn(-c2ccccc2)cc1-c1ccc(OC)c(OC)c1. The highest BCUT2D eigenvalue weighted by Gasteiger charge is 2.27. The maximum absolute atomic E-state index is 13.6. The number of rotatable bonds is 8. The van der Waals surface area contributed by atoms with Gasteiger partial charge in [0.25, 0.3) is 5.91 Å². The minimum absolute atomic E-state index is 0.0830. The third-order valence-corrected chi connectivity index (χ3v) is 5.75. The van der Waals surface area contributed by atoms with E-state index in [1.54, 1.807) is 18.9 Å². The highest BCUT2D eigenvalue weighted by Crippen LogP contribution is 2.34. The van der Waals surface area contributed by atoms with E-state index in [-0.39, 0.29) is 12.0 Å². The molecule has 0 spiro atoms. The molecule has 2 heterocycles. The number of hydrogen-bond donors (Lipinski definition) is 0. The van der Waals surface area contributed by atoms with Crippen molar-refractivity contribution in [2.24, 2.45) is 0 Å². The fourth-order valence-corrected chi connectivity index (χ4v) is 4.00. The Kier molecular flexibility index (Phi) is 6.75. The summed E-state index contributed by atoms with van der Waals surface area (Å²) in [7, 11) is 3.20. The monoisotopic (exact) mass is 435 g/mol. The molecule has 0 N–H and O–H groups in total. The Morgan fingerprint density at radius 1 is 1.16 bits per heavy atom. The van der Waals surface area contributed by atoms with Gasteiger partial charge < -0.3 is 19.1 Å². The molecule has 1 unspecified atom stereocenters. The number of ether oxygens (including phenoxy) is 3. The van der Waals surface area contributed by atoms with E-state index in [0.717, 1.165) is 36.3 Å². The maximum atomic E-state index is 13.6. The molecule has 1 saturated heterocycles. The third-order valence-electron chi connectivity index (χ3n) is 5.75. The Labute approximate surface area is 188 Å². The fraction of sp³-hybridized carbons (Fsp3) is 0.360. The van der Waals surface area contributed by atoms with Crippen molar-refractivity contribution in [3.63, 3.8) is 0 Å². The van der Waals surface area contributed by atoms with E-state index in [4.69, 9.17) is 19.3 Å². The number of benzene rings is 2. The molecule has 1 amide bonds. The van der Waals surface area contributed by atoms with E-state index in [9.17, 15) is 4.79 Å². The Morgan fingerprint density at radius 2 is 1.94 bits per heavy atom. The van der Waals surface area contributed by atoms with Crippen LogP contribution in [0.3, 0.4) is 0 Å². The van der Waals surface area contributed by atoms with Gasteiger partial charge in [-0.15, -0.1) is 0 Å². The van der Waals surface area contributed by atoms with Crippen LogP contribution in [0.4, 0.5) is 0 Å². The molecule has 4 rings (SSSR count). The second kappa shape index (κ2) is 9.87. The molecule has 0 saturated carbocycles. The van der Waals surface area contributed by atoms with E-state index < -0.39 is 0 Å². The van der Waals surface area contributed by atoms with Crippen LogP contribution in [0, 0.1) is 0 Å². The van der Waals surface area contributed by atoms with Crippen molar-refractivity contribution in [2.75, 3.05) is 33.9 Å². The first-order valence-electron chi connectivity index (χ1n) is 10.9. The molecule has 1 aliphatic heterocycles. The molecule has 0 bridgehead atoms. The van der Waals surface area contributed by atoms with Gasteiger partial charge in [-0.25, -0.2) is 4.68 Å². The van der Waals surface area contributed by atoms with Gasteiger partial charge in [-0.2, -0.15) is 5.10 Å². The number of hydrogen-bond acceptors (Lipinski definition) is 5. The van der Waals surface area contributed by atoms with Gasteiger partial charge in [0.05, 0.1) is 26.0 Å². The summed E-state index contributed by atoms with van der Waals surface area (Å²) in [5.74, 6) is 1.12. The summed E-state index contributed by atoms with van der Waals surface area (Å²) in [4.78, 5) is 15.4. The first-order chi connectivity index (χ1) is 15.6. The van der Waals surface area contributed by atoms with Crippen molar-refractivity contribution in [3.8, 4) is 28.3 Å². The Balaban J connectivity index is 1.76. The number of nitrogens with zero attached hydrogens (tertiary/aromatic N) is 3. The highest BCUT2D eigenvalue weighted by molar-refractivity contribution is 5.99. The molecule has 32 heavy (non-hydrogen) atoms. The van der Waals surface area contributed by atoms with Crippen LogP contribution in [-0.4, -0.2) is 60.6 Å². The van der Waals surface area contributed by atoms with Crippen LogP contribution in [0.15, 0.2) is 54.7 Å². The fourth-order valence-electron chi connectivity index (χ4n) is 4.00. The van der Waals surface area contributed by atoms with Crippen molar-refractivity contribution in [3.05, 3.63) is 60.4 Å². The topological polar surface area (TPSA) is 65.8 Å². The number of amides is 1. The van der Waals surface area contributed by atoms with Gasteiger partial charge in [-0.1, -0.05) is 24.3 Å². The van der Waals surface area contributed by atoms with E-state index in [1.807, 2.05) is 66.6 Å². The van der Waals surface area contributed by atoms with Gasteiger partial charge in [0, 0.05) is 31.5 Å². The summed E-state index contributed by atoms with van der Waals surface area (Å²) < 4.78 is 18.4. The summed E-state index contributed by atoms with van der Waals surface area (Å²) in [6.45, 7) is 3.90. The number of likely N-dealkylation sites (N-methyl/N-ethyl adjacent to an activating group) is 1. The van der Waals surface area contributed by atoms with Crippen LogP contribution in [0.5, 0.6) is 11.5 Å². The molecule has 168 valence electrons. The molecule has 3 aromatic rings. The van der Waals surface area contributed by atoms with Crippen molar-refractivity contribution in [2.45, 2.75) is 25.9 Å².